The number of para-hydroxylation sites is 1. The molecule has 1 amide bonds. The molecule has 0 aliphatic carbocycles. The van der Waals surface area contributed by atoms with Gasteiger partial charge in [-0.15, -0.1) is 0 Å². The zero-order chi connectivity index (χ0) is 23.6. The van der Waals surface area contributed by atoms with E-state index >= 15 is 0 Å². The molecule has 1 fully saturated rings. The van der Waals surface area contributed by atoms with Gasteiger partial charge in [0.1, 0.15) is 11.3 Å². The average molecular weight is 447 g/mol. The monoisotopic (exact) mass is 446 g/mol. The molecule has 1 saturated heterocycles. The molecule has 0 atom stereocenters. The number of aryl methyl sites for hydroxylation is 1. The second-order valence-corrected chi connectivity index (χ2v) is 9.25. The number of hydrogen-bond acceptors (Lipinski definition) is 5. The molecule has 7 heteroatoms. The fourth-order valence-corrected chi connectivity index (χ4v) is 3.91. The number of benzene rings is 2. The van der Waals surface area contributed by atoms with Gasteiger partial charge in [-0.3, -0.25) is 4.79 Å². The van der Waals surface area contributed by atoms with E-state index in [1.54, 1.807) is 10.7 Å². The lowest BCUT2D eigenvalue weighted by molar-refractivity contribution is 0.00694. The van der Waals surface area contributed by atoms with Gasteiger partial charge in [0.05, 0.1) is 16.9 Å². The molecular formula is C26H30N4O3. The zero-order valence-electron chi connectivity index (χ0n) is 19.6. The van der Waals surface area contributed by atoms with Crippen molar-refractivity contribution in [2.75, 3.05) is 31.1 Å². The minimum Gasteiger partial charge on any atom is -0.456 e. The summed E-state index contributed by atoms with van der Waals surface area (Å²) in [6, 6.07) is 19.0. The highest BCUT2D eigenvalue weighted by molar-refractivity contribution is 5.93. The lowest BCUT2D eigenvalue weighted by Crippen LogP contribution is -2.49. The van der Waals surface area contributed by atoms with E-state index in [2.05, 4.69) is 10.00 Å². The average Bonchev–Trinajstić information content (AvgIpc) is 3.20. The molecule has 1 aromatic heterocycles. The van der Waals surface area contributed by atoms with E-state index in [9.17, 15) is 9.59 Å². The molecule has 1 aliphatic heterocycles. The summed E-state index contributed by atoms with van der Waals surface area (Å²) in [6.07, 6.45) is 0. The fourth-order valence-electron chi connectivity index (χ4n) is 3.91. The largest absolute Gasteiger partial charge is 0.456 e. The molecule has 33 heavy (non-hydrogen) atoms. The topological polar surface area (TPSA) is 67.7 Å². The van der Waals surface area contributed by atoms with Crippen LogP contribution in [0.2, 0.25) is 0 Å². The summed E-state index contributed by atoms with van der Waals surface area (Å²) in [5.74, 6) is -0.357. The molecule has 2 heterocycles. The van der Waals surface area contributed by atoms with Crippen molar-refractivity contribution >= 4 is 17.6 Å². The number of hydrogen-bond donors (Lipinski definition) is 0. The van der Waals surface area contributed by atoms with Crippen LogP contribution in [0.3, 0.4) is 0 Å². The van der Waals surface area contributed by atoms with Crippen LogP contribution in [0, 0.1) is 6.92 Å². The van der Waals surface area contributed by atoms with Gasteiger partial charge >= 0.3 is 5.97 Å². The summed E-state index contributed by atoms with van der Waals surface area (Å²) < 4.78 is 7.21. The quantitative estimate of drug-likeness (QED) is 0.565. The van der Waals surface area contributed by atoms with E-state index in [4.69, 9.17) is 4.74 Å². The molecule has 2 aromatic carbocycles. The minimum absolute atomic E-state index is 0.0263. The summed E-state index contributed by atoms with van der Waals surface area (Å²) in [5.41, 5.74) is 3.19. The van der Waals surface area contributed by atoms with Gasteiger partial charge in [0.2, 0.25) is 0 Å². The Morgan fingerprint density at radius 2 is 1.55 bits per heavy atom. The third-order valence-corrected chi connectivity index (χ3v) is 5.46. The maximum absolute atomic E-state index is 13.3. The van der Waals surface area contributed by atoms with Crippen molar-refractivity contribution < 1.29 is 14.3 Å². The van der Waals surface area contributed by atoms with Gasteiger partial charge in [-0.2, -0.15) is 5.10 Å². The number of ether oxygens (including phenoxy) is 1. The number of anilines is 1. The molecule has 0 saturated carbocycles. The van der Waals surface area contributed by atoms with Crippen LogP contribution in [-0.2, 0) is 4.74 Å². The van der Waals surface area contributed by atoms with Crippen molar-refractivity contribution in [2.24, 2.45) is 0 Å². The molecule has 0 radical (unpaired) electrons. The number of carbonyl (C=O) groups excluding carboxylic acids is 2. The zero-order valence-corrected chi connectivity index (χ0v) is 19.6. The van der Waals surface area contributed by atoms with Crippen molar-refractivity contribution in [3.8, 4) is 5.69 Å². The van der Waals surface area contributed by atoms with Crippen LogP contribution in [0.5, 0.6) is 0 Å². The van der Waals surface area contributed by atoms with Crippen molar-refractivity contribution in [1.29, 1.82) is 0 Å². The highest BCUT2D eigenvalue weighted by atomic mass is 16.6. The predicted octanol–water partition coefficient (Wildman–Crippen LogP) is 4.10. The van der Waals surface area contributed by atoms with Gasteiger partial charge in [0, 0.05) is 31.9 Å². The Bertz CT molecular complexity index is 1140. The van der Waals surface area contributed by atoms with Crippen molar-refractivity contribution in [3.63, 3.8) is 0 Å². The Hall–Kier alpha value is -3.61. The van der Waals surface area contributed by atoms with E-state index in [1.165, 1.54) is 0 Å². The maximum Gasteiger partial charge on any atom is 0.338 e. The molecule has 3 aromatic rings. The number of aromatic nitrogens is 2. The number of carbonyl (C=O) groups is 2. The van der Waals surface area contributed by atoms with Crippen molar-refractivity contribution in [1.82, 2.24) is 14.7 Å². The van der Waals surface area contributed by atoms with Crippen LogP contribution in [0.15, 0.2) is 60.7 Å². The van der Waals surface area contributed by atoms with Gasteiger partial charge in [-0.05, 0) is 64.1 Å². The van der Waals surface area contributed by atoms with Gasteiger partial charge in [0.15, 0.2) is 0 Å². The molecular weight excluding hydrogens is 416 g/mol. The lowest BCUT2D eigenvalue weighted by Gasteiger charge is -2.36. The van der Waals surface area contributed by atoms with Crippen LogP contribution in [-0.4, -0.2) is 58.3 Å². The van der Waals surface area contributed by atoms with Crippen LogP contribution >= 0.6 is 0 Å². The highest BCUT2D eigenvalue weighted by Crippen LogP contribution is 2.22. The van der Waals surface area contributed by atoms with Crippen LogP contribution in [0.1, 0.15) is 47.3 Å². The summed E-state index contributed by atoms with van der Waals surface area (Å²) >= 11 is 0. The lowest BCUT2D eigenvalue weighted by atomic mass is 10.1. The van der Waals surface area contributed by atoms with Crippen molar-refractivity contribution in [3.05, 3.63) is 77.6 Å². The first-order chi connectivity index (χ1) is 15.7. The van der Waals surface area contributed by atoms with E-state index in [0.29, 0.717) is 37.4 Å². The van der Waals surface area contributed by atoms with Gasteiger partial charge in [-0.25, -0.2) is 9.48 Å². The van der Waals surface area contributed by atoms with Gasteiger partial charge in [-0.1, -0.05) is 24.3 Å². The Morgan fingerprint density at radius 3 is 2.21 bits per heavy atom. The first-order valence-corrected chi connectivity index (χ1v) is 11.2. The number of amides is 1. The third-order valence-electron chi connectivity index (χ3n) is 5.46. The molecule has 0 spiro atoms. The smallest absolute Gasteiger partial charge is 0.338 e. The first kappa shape index (κ1) is 22.6. The minimum atomic E-state index is -0.538. The number of esters is 1. The molecule has 0 bridgehead atoms. The van der Waals surface area contributed by atoms with E-state index < -0.39 is 5.60 Å². The van der Waals surface area contributed by atoms with E-state index in [0.717, 1.165) is 17.1 Å². The summed E-state index contributed by atoms with van der Waals surface area (Å²) in [6.45, 7) is 10.0. The standard InChI is InChI=1S/C26H30N4O3/c1-19-17-23(30(27-19)21-10-6-5-7-11-21)24(31)29-15-13-28(14-16-29)22-12-8-9-20(18-22)25(32)33-26(2,3)4/h5-12,17-18H,13-16H2,1-4H3. The Kier molecular flexibility index (Phi) is 6.22. The molecule has 172 valence electrons. The van der Waals surface area contributed by atoms with Crippen LogP contribution in [0.25, 0.3) is 5.69 Å². The van der Waals surface area contributed by atoms with Crippen LogP contribution in [0.4, 0.5) is 5.69 Å². The maximum atomic E-state index is 13.3. The second kappa shape index (κ2) is 9.10. The predicted molar refractivity (Wildman–Crippen MR) is 128 cm³/mol. The molecule has 4 rings (SSSR count). The van der Waals surface area contributed by atoms with Crippen LogP contribution < -0.4 is 4.90 Å². The Labute approximate surface area is 194 Å². The third kappa shape index (κ3) is 5.25. The van der Waals surface area contributed by atoms with Gasteiger partial charge in [0.25, 0.3) is 5.91 Å². The number of rotatable bonds is 4. The second-order valence-electron chi connectivity index (χ2n) is 9.25. The first-order valence-electron chi connectivity index (χ1n) is 11.2. The molecule has 1 aliphatic rings. The molecule has 0 N–H and O–H groups in total. The summed E-state index contributed by atoms with van der Waals surface area (Å²) in [7, 11) is 0. The van der Waals surface area contributed by atoms with Gasteiger partial charge < -0.3 is 14.5 Å². The van der Waals surface area contributed by atoms with Crippen molar-refractivity contribution in [2.45, 2.75) is 33.3 Å². The molecule has 0 unspecified atom stereocenters. The summed E-state index contributed by atoms with van der Waals surface area (Å²) in [4.78, 5) is 29.8. The number of nitrogens with zero attached hydrogens (tertiary/aromatic N) is 4. The molecule has 7 nitrogen and oxygen atoms in total. The normalized spacial score (nSPS) is 14.3. The fraction of sp³-hybridized carbons (Fsp3) is 0.346. The highest BCUT2D eigenvalue weighted by Gasteiger charge is 2.26. The summed E-state index contributed by atoms with van der Waals surface area (Å²) in [5, 5.41) is 4.53. The number of piperazine rings is 1. The SMILES string of the molecule is Cc1cc(C(=O)N2CCN(c3cccc(C(=O)OC(C)(C)C)c3)CC2)n(-c2ccccc2)n1. The van der Waals surface area contributed by atoms with E-state index in [-0.39, 0.29) is 11.9 Å². The van der Waals surface area contributed by atoms with E-state index in [1.807, 2.05) is 87.2 Å². The Morgan fingerprint density at radius 1 is 0.879 bits per heavy atom. The Balaban J connectivity index is 1.45.